The Hall–Kier alpha value is -2.67. The highest BCUT2D eigenvalue weighted by molar-refractivity contribution is 5.92. The SMILES string of the molecule is CCOC(=O)c1cc(C2CC2)c2c3c(c(F)cn2c1=O)N1C[C@@H](N)CC1CC=C3. The minimum absolute atomic E-state index is 0.00580. The molecular weight excluding hydrogens is 373 g/mol. The largest absolute Gasteiger partial charge is 0.462 e. The summed E-state index contributed by atoms with van der Waals surface area (Å²) in [6, 6.07) is 1.83. The van der Waals surface area contributed by atoms with Gasteiger partial charge in [0.2, 0.25) is 0 Å². The first-order chi connectivity index (χ1) is 14.0. The number of rotatable bonds is 3. The Labute approximate surface area is 167 Å². The molecule has 2 N–H and O–H groups in total. The molecule has 2 aromatic heterocycles. The first kappa shape index (κ1) is 18.4. The Balaban J connectivity index is 1.82. The average Bonchev–Trinajstić information content (AvgIpc) is 3.47. The zero-order valence-electron chi connectivity index (χ0n) is 16.4. The number of pyridine rings is 2. The Morgan fingerprint density at radius 3 is 2.90 bits per heavy atom. The van der Waals surface area contributed by atoms with E-state index in [0.29, 0.717) is 23.3 Å². The summed E-state index contributed by atoms with van der Waals surface area (Å²) < 4.78 is 21.7. The lowest BCUT2D eigenvalue weighted by molar-refractivity contribution is 0.0524. The van der Waals surface area contributed by atoms with Gasteiger partial charge in [-0.25, -0.2) is 9.18 Å². The van der Waals surface area contributed by atoms with Gasteiger partial charge in [0.1, 0.15) is 5.56 Å². The number of carbonyl (C=O) groups is 1. The van der Waals surface area contributed by atoms with Crippen LogP contribution < -0.4 is 16.2 Å². The number of anilines is 1. The Kier molecular flexibility index (Phi) is 4.24. The van der Waals surface area contributed by atoms with E-state index in [-0.39, 0.29) is 30.2 Å². The van der Waals surface area contributed by atoms with E-state index in [9.17, 15) is 9.59 Å². The Bertz CT molecular complexity index is 1100. The molecule has 152 valence electrons. The Morgan fingerprint density at radius 1 is 1.38 bits per heavy atom. The highest BCUT2D eigenvalue weighted by Gasteiger charge is 2.36. The van der Waals surface area contributed by atoms with Crippen LogP contribution in [0, 0.1) is 5.82 Å². The van der Waals surface area contributed by atoms with Crippen molar-refractivity contribution in [1.29, 1.82) is 0 Å². The molecule has 2 aromatic rings. The van der Waals surface area contributed by atoms with Gasteiger partial charge in [0, 0.05) is 24.2 Å². The van der Waals surface area contributed by atoms with Gasteiger partial charge >= 0.3 is 5.97 Å². The van der Waals surface area contributed by atoms with Crippen molar-refractivity contribution >= 4 is 23.2 Å². The summed E-state index contributed by atoms with van der Waals surface area (Å²) in [6.07, 6.45) is 8.78. The molecule has 2 fully saturated rings. The van der Waals surface area contributed by atoms with Gasteiger partial charge in [-0.2, -0.15) is 0 Å². The molecule has 0 amide bonds. The second kappa shape index (κ2) is 6.69. The molecule has 2 atom stereocenters. The molecule has 6 nitrogen and oxygen atoms in total. The first-order valence-electron chi connectivity index (χ1n) is 10.3. The zero-order chi connectivity index (χ0) is 20.3. The van der Waals surface area contributed by atoms with E-state index in [0.717, 1.165) is 31.2 Å². The molecular formula is C22H24FN3O3. The summed E-state index contributed by atoms with van der Waals surface area (Å²) in [7, 11) is 0. The Morgan fingerprint density at radius 2 is 2.17 bits per heavy atom. The fraction of sp³-hybridized carbons (Fsp3) is 0.455. The van der Waals surface area contributed by atoms with Crippen molar-refractivity contribution in [3.63, 3.8) is 0 Å². The van der Waals surface area contributed by atoms with E-state index in [1.807, 2.05) is 12.2 Å². The summed E-state index contributed by atoms with van der Waals surface area (Å²) in [5, 5.41) is 0. The monoisotopic (exact) mass is 397 g/mol. The molecule has 29 heavy (non-hydrogen) atoms. The molecule has 3 aliphatic rings. The van der Waals surface area contributed by atoms with E-state index in [4.69, 9.17) is 10.5 Å². The first-order valence-corrected chi connectivity index (χ1v) is 10.3. The van der Waals surface area contributed by atoms with Crippen molar-refractivity contribution in [2.24, 2.45) is 5.73 Å². The maximum absolute atomic E-state index is 15.4. The minimum atomic E-state index is -0.662. The number of esters is 1. The highest BCUT2D eigenvalue weighted by Crippen LogP contribution is 2.45. The van der Waals surface area contributed by atoms with E-state index in [2.05, 4.69) is 4.90 Å². The third kappa shape index (κ3) is 2.87. The number of hydrogen-bond donors (Lipinski definition) is 1. The fourth-order valence-corrected chi connectivity index (χ4v) is 4.78. The molecule has 0 radical (unpaired) electrons. The average molecular weight is 397 g/mol. The van der Waals surface area contributed by atoms with Crippen LogP contribution in [0.5, 0.6) is 0 Å². The summed E-state index contributed by atoms with van der Waals surface area (Å²) >= 11 is 0. The van der Waals surface area contributed by atoms with Crippen LogP contribution in [0.1, 0.15) is 60.0 Å². The zero-order valence-corrected chi connectivity index (χ0v) is 16.4. The van der Waals surface area contributed by atoms with Crippen LogP contribution in [0.2, 0.25) is 0 Å². The topological polar surface area (TPSA) is 77.0 Å². The molecule has 0 aromatic carbocycles. The van der Waals surface area contributed by atoms with Crippen molar-refractivity contribution in [3.05, 3.63) is 51.2 Å². The summed E-state index contributed by atoms with van der Waals surface area (Å²) in [4.78, 5) is 27.5. The van der Waals surface area contributed by atoms with Gasteiger partial charge in [-0.05, 0) is 50.2 Å². The van der Waals surface area contributed by atoms with Gasteiger partial charge in [-0.1, -0.05) is 12.2 Å². The number of hydrogen-bond acceptors (Lipinski definition) is 5. The van der Waals surface area contributed by atoms with Gasteiger partial charge in [0.25, 0.3) is 5.56 Å². The van der Waals surface area contributed by atoms with Gasteiger partial charge < -0.3 is 15.4 Å². The van der Waals surface area contributed by atoms with Crippen LogP contribution in [-0.4, -0.2) is 35.6 Å². The van der Waals surface area contributed by atoms with Crippen molar-refractivity contribution in [2.45, 2.75) is 50.6 Å². The summed E-state index contributed by atoms with van der Waals surface area (Å²) in [5.41, 5.74) is 8.41. The molecule has 1 saturated heterocycles. The minimum Gasteiger partial charge on any atom is -0.462 e. The lowest BCUT2D eigenvalue weighted by Gasteiger charge is -2.27. The van der Waals surface area contributed by atoms with E-state index in [1.165, 1.54) is 10.6 Å². The summed E-state index contributed by atoms with van der Waals surface area (Å²) in [5.74, 6) is -0.866. The molecule has 1 aliphatic carbocycles. The molecule has 5 rings (SSSR count). The van der Waals surface area contributed by atoms with Crippen LogP contribution in [0.15, 0.2) is 23.1 Å². The molecule has 4 heterocycles. The van der Waals surface area contributed by atoms with Gasteiger partial charge in [0.05, 0.1) is 24.0 Å². The predicted octanol–water partition coefficient (Wildman–Crippen LogP) is 2.82. The molecule has 2 aliphatic heterocycles. The van der Waals surface area contributed by atoms with Crippen LogP contribution in [0.4, 0.5) is 10.1 Å². The number of nitrogens with two attached hydrogens (primary N) is 1. The molecule has 0 bridgehead atoms. The maximum atomic E-state index is 15.4. The van der Waals surface area contributed by atoms with Gasteiger partial charge in [-0.15, -0.1) is 0 Å². The number of halogens is 1. The lowest BCUT2D eigenvalue weighted by atomic mass is 10.0. The summed E-state index contributed by atoms with van der Waals surface area (Å²) in [6.45, 7) is 2.47. The van der Waals surface area contributed by atoms with E-state index < -0.39 is 17.3 Å². The second-order valence-electron chi connectivity index (χ2n) is 8.21. The molecule has 1 unspecified atom stereocenters. The lowest BCUT2D eigenvalue weighted by Crippen LogP contribution is -2.32. The number of nitrogens with zero attached hydrogens (tertiary/aromatic N) is 2. The smallest absolute Gasteiger partial charge is 0.343 e. The van der Waals surface area contributed by atoms with Crippen LogP contribution in [-0.2, 0) is 4.74 Å². The maximum Gasteiger partial charge on any atom is 0.343 e. The van der Waals surface area contributed by atoms with Crippen LogP contribution in [0.3, 0.4) is 0 Å². The van der Waals surface area contributed by atoms with E-state index in [1.54, 1.807) is 13.0 Å². The third-order valence-corrected chi connectivity index (χ3v) is 6.18. The number of aromatic nitrogens is 1. The second-order valence-corrected chi connectivity index (χ2v) is 8.21. The van der Waals surface area contributed by atoms with Crippen LogP contribution in [0.25, 0.3) is 11.6 Å². The molecule has 0 spiro atoms. The standard InChI is InChI=1S/C22H24FN3O3/c1-2-29-22(28)17-9-16(12-6-7-12)19-15-5-3-4-14-8-13(24)10-25(14)20(15)18(23)11-26(19)21(17)27/h3,5,9,11-14H,2,4,6-8,10,24H2,1H3/t13-,14?/m0/s1. The molecule has 7 heteroatoms. The van der Waals surface area contributed by atoms with Crippen molar-refractivity contribution < 1.29 is 13.9 Å². The quantitative estimate of drug-likeness (QED) is 0.806. The third-order valence-electron chi connectivity index (χ3n) is 6.18. The van der Waals surface area contributed by atoms with Gasteiger partial charge in [-0.3, -0.25) is 9.20 Å². The number of carbonyl (C=O) groups excluding carboxylic acids is 1. The molecule has 1 saturated carbocycles. The van der Waals surface area contributed by atoms with Crippen LogP contribution >= 0.6 is 0 Å². The van der Waals surface area contributed by atoms with Crippen molar-refractivity contribution in [3.8, 4) is 0 Å². The highest BCUT2D eigenvalue weighted by atomic mass is 19.1. The number of fused-ring (bicyclic) bond motifs is 5. The van der Waals surface area contributed by atoms with Crippen molar-refractivity contribution in [1.82, 2.24) is 4.40 Å². The number of ether oxygens (including phenoxy) is 1. The fourth-order valence-electron chi connectivity index (χ4n) is 4.78. The van der Waals surface area contributed by atoms with Gasteiger partial charge in [0.15, 0.2) is 5.82 Å². The van der Waals surface area contributed by atoms with Crippen molar-refractivity contribution in [2.75, 3.05) is 18.1 Å². The predicted molar refractivity (Wildman–Crippen MR) is 109 cm³/mol. The van der Waals surface area contributed by atoms with E-state index >= 15 is 4.39 Å². The normalized spacial score (nSPS) is 23.1.